The maximum Gasteiger partial charge on any atom is 0.280 e. The van der Waals surface area contributed by atoms with Gasteiger partial charge in [-0.25, -0.2) is 18.1 Å². The number of sulfonamides is 1. The Morgan fingerprint density at radius 3 is 2.26 bits per heavy atom. The van der Waals surface area contributed by atoms with Gasteiger partial charge in [-0.3, -0.25) is 19.6 Å². The molecule has 196 valence electrons. The van der Waals surface area contributed by atoms with Gasteiger partial charge in [0.05, 0.1) is 40.3 Å². The fourth-order valence-corrected chi connectivity index (χ4v) is 5.08. The van der Waals surface area contributed by atoms with Gasteiger partial charge in [-0.1, -0.05) is 36.4 Å². The van der Waals surface area contributed by atoms with E-state index in [0.717, 1.165) is 5.56 Å². The molecule has 0 fully saturated rings. The minimum Gasteiger partial charge on any atom is -0.497 e. The van der Waals surface area contributed by atoms with Gasteiger partial charge in [-0.15, -0.1) is 0 Å². The van der Waals surface area contributed by atoms with E-state index in [1.807, 2.05) is 30.3 Å². The summed E-state index contributed by atoms with van der Waals surface area (Å²) in [6, 6.07) is 27.7. The zero-order chi connectivity index (χ0) is 27.4. The van der Waals surface area contributed by atoms with Crippen molar-refractivity contribution in [1.29, 1.82) is 0 Å². The Labute approximate surface area is 225 Å². The summed E-state index contributed by atoms with van der Waals surface area (Å²) in [6.07, 6.45) is 1.51. The second-order valence-electron chi connectivity index (χ2n) is 8.58. The summed E-state index contributed by atoms with van der Waals surface area (Å²) in [5, 5.41) is 3.23. The Morgan fingerprint density at radius 1 is 0.923 bits per heavy atom. The summed E-state index contributed by atoms with van der Waals surface area (Å²) in [5.74, 6) is 0.907. The number of aliphatic imine (C=N–C) groups is 1. The minimum atomic E-state index is -3.82. The number of hydrogen-bond donors (Lipinski definition) is 2. The molecule has 0 aliphatic carbocycles. The molecule has 39 heavy (non-hydrogen) atoms. The van der Waals surface area contributed by atoms with Gasteiger partial charge in [0.15, 0.2) is 0 Å². The molecule has 0 radical (unpaired) electrons. The van der Waals surface area contributed by atoms with Crippen LogP contribution in [0.2, 0.25) is 0 Å². The normalized spacial score (nSPS) is 11.8. The average Bonchev–Trinajstić information content (AvgIpc) is 3.31. The number of hydrogen-bond acceptors (Lipinski definition) is 6. The number of nitrogens with zero attached hydrogens (tertiary/aromatic N) is 3. The average molecular weight is 540 g/mol. The van der Waals surface area contributed by atoms with Crippen LogP contribution in [0.15, 0.2) is 118 Å². The molecule has 5 rings (SSSR count). The van der Waals surface area contributed by atoms with Crippen LogP contribution in [-0.4, -0.2) is 36.0 Å². The van der Waals surface area contributed by atoms with Crippen LogP contribution in [0.4, 0.5) is 11.5 Å². The molecule has 0 spiro atoms. The summed E-state index contributed by atoms with van der Waals surface area (Å²) >= 11 is 0. The maximum atomic E-state index is 13.6. The number of aromatic nitrogens is 3. The van der Waals surface area contributed by atoms with Crippen LogP contribution in [-0.2, 0) is 10.0 Å². The second-order valence-corrected chi connectivity index (χ2v) is 10.3. The van der Waals surface area contributed by atoms with Crippen molar-refractivity contribution < 1.29 is 13.2 Å². The van der Waals surface area contributed by atoms with Crippen molar-refractivity contribution in [3.05, 3.63) is 119 Å². The predicted octanol–water partition coefficient (Wildman–Crippen LogP) is 5.18. The SMILES string of the molecule is COc1ccc(-n2[nH]c(-c3ccccc3)c(C(C)=Nc3ccc(S(=O)(=O)Nc4ccccn4)cc3)c2=O)cc1. The second kappa shape index (κ2) is 10.8. The van der Waals surface area contributed by atoms with Crippen molar-refractivity contribution in [1.82, 2.24) is 14.8 Å². The van der Waals surface area contributed by atoms with Crippen LogP contribution in [0.3, 0.4) is 0 Å². The fourth-order valence-electron chi connectivity index (χ4n) is 4.07. The van der Waals surface area contributed by atoms with Gasteiger partial charge in [-0.2, -0.15) is 0 Å². The van der Waals surface area contributed by atoms with E-state index in [9.17, 15) is 13.2 Å². The van der Waals surface area contributed by atoms with Crippen LogP contribution < -0.4 is 15.0 Å². The zero-order valence-corrected chi connectivity index (χ0v) is 22.0. The van der Waals surface area contributed by atoms with Crippen molar-refractivity contribution in [2.45, 2.75) is 11.8 Å². The molecule has 0 bridgehead atoms. The standard InChI is InChI=1S/C29H25N5O4S/c1-20(31-22-11-17-25(18-12-22)39(36,37)33-26-10-6-7-19-30-26)27-28(21-8-4-3-5-9-21)32-34(29(27)35)23-13-15-24(38-2)16-14-23/h3-19,32H,1-2H3,(H,30,33). The molecule has 2 heterocycles. The first kappa shape index (κ1) is 25.7. The van der Waals surface area contributed by atoms with Gasteiger partial charge in [0.25, 0.3) is 15.6 Å². The molecule has 2 aromatic heterocycles. The molecule has 0 aliphatic rings. The molecule has 2 N–H and O–H groups in total. The van der Waals surface area contributed by atoms with Crippen molar-refractivity contribution in [3.8, 4) is 22.7 Å². The smallest absolute Gasteiger partial charge is 0.280 e. The van der Waals surface area contributed by atoms with E-state index < -0.39 is 10.0 Å². The van der Waals surface area contributed by atoms with Gasteiger partial charge in [0, 0.05) is 11.8 Å². The number of methoxy groups -OCH3 is 1. The molecule has 0 saturated heterocycles. The van der Waals surface area contributed by atoms with Crippen LogP contribution in [0, 0.1) is 0 Å². The fraction of sp³-hybridized carbons (Fsp3) is 0.0690. The summed E-state index contributed by atoms with van der Waals surface area (Å²) in [5.41, 5.74) is 3.21. The maximum absolute atomic E-state index is 13.6. The molecule has 0 aliphatic heterocycles. The molecule has 0 amide bonds. The number of H-pyrrole nitrogens is 1. The van der Waals surface area contributed by atoms with Crippen LogP contribution in [0.5, 0.6) is 5.75 Å². The lowest BCUT2D eigenvalue weighted by atomic mass is 10.1. The van der Waals surface area contributed by atoms with Crippen LogP contribution >= 0.6 is 0 Å². The highest BCUT2D eigenvalue weighted by molar-refractivity contribution is 7.92. The van der Waals surface area contributed by atoms with Crippen LogP contribution in [0.1, 0.15) is 12.5 Å². The van der Waals surface area contributed by atoms with Gasteiger partial charge in [0.2, 0.25) is 0 Å². The first-order valence-electron chi connectivity index (χ1n) is 12.0. The zero-order valence-electron chi connectivity index (χ0n) is 21.2. The van der Waals surface area contributed by atoms with Crippen LogP contribution in [0.25, 0.3) is 16.9 Å². The Kier molecular flexibility index (Phi) is 7.11. The lowest BCUT2D eigenvalue weighted by molar-refractivity contribution is 0.414. The minimum absolute atomic E-state index is 0.0678. The Bertz CT molecular complexity index is 1780. The summed E-state index contributed by atoms with van der Waals surface area (Å²) in [4.78, 5) is 22.4. The van der Waals surface area contributed by atoms with E-state index in [-0.39, 0.29) is 16.3 Å². The topological polar surface area (TPSA) is 118 Å². The molecular weight excluding hydrogens is 514 g/mol. The Balaban J connectivity index is 1.51. The van der Waals surface area contributed by atoms with Gasteiger partial charge >= 0.3 is 0 Å². The van der Waals surface area contributed by atoms with E-state index in [0.29, 0.717) is 34.1 Å². The van der Waals surface area contributed by atoms with Gasteiger partial charge < -0.3 is 4.74 Å². The molecule has 0 saturated carbocycles. The lowest BCUT2D eigenvalue weighted by Crippen LogP contribution is -2.19. The summed E-state index contributed by atoms with van der Waals surface area (Å²) in [6.45, 7) is 1.75. The number of nitrogens with one attached hydrogen (secondary N) is 2. The predicted molar refractivity (Wildman–Crippen MR) is 152 cm³/mol. The third kappa shape index (κ3) is 5.51. The largest absolute Gasteiger partial charge is 0.497 e. The molecule has 3 aromatic carbocycles. The number of benzene rings is 3. The van der Waals surface area contributed by atoms with E-state index >= 15 is 0 Å². The highest BCUT2D eigenvalue weighted by Gasteiger charge is 2.20. The molecule has 0 atom stereocenters. The summed E-state index contributed by atoms with van der Waals surface area (Å²) in [7, 11) is -2.24. The Morgan fingerprint density at radius 2 is 1.62 bits per heavy atom. The molecular formula is C29H25N5O4S. The van der Waals surface area contributed by atoms with Crippen molar-refractivity contribution >= 4 is 27.2 Å². The third-order valence-corrected chi connectivity index (χ3v) is 7.36. The first-order chi connectivity index (χ1) is 18.9. The van der Waals surface area contributed by atoms with E-state index in [1.54, 1.807) is 68.6 Å². The third-order valence-electron chi connectivity index (χ3n) is 5.99. The molecule has 9 nitrogen and oxygen atoms in total. The van der Waals surface area contributed by atoms with Gasteiger partial charge in [-0.05, 0) is 67.6 Å². The van der Waals surface area contributed by atoms with Crippen molar-refractivity contribution in [2.75, 3.05) is 11.8 Å². The molecule has 10 heteroatoms. The van der Waals surface area contributed by atoms with Gasteiger partial charge in [0.1, 0.15) is 11.6 Å². The monoisotopic (exact) mass is 539 g/mol. The molecule has 5 aromatic rings. The van der Waals surface area contributed by atoms with Crippen molar-refractivity contribution in [2.24, 2.45) is 4.99 Å². The van der Waals surface area contributed by atoms with E-state index in [1.165, 1.54) is 23.0 Å². The number of pyridine rings is 1. The molecule has 0 unspecified atom stereocenters. The lowest BCUT2D eigenvalue weighted by Gasteiger charge is -2.07. The number of ether oxygens (including phenoxy) is 1. The van der Waals surface area contributed by atoms with E-state index in [4.69, 9.17) is 4.74 Å². The highest BCUT2D eigenvalue weighted by atomic mass is 32.2. The van der Waals surface area contributed by atoms with E-state index in [2.05, 4.69) is 19.8 Å². The summed E-state index contributed by atoms with van der Waals surface area (Å²) < 4.78 is 34.6. The number of anilines is 1. The Hall–Kier alpha value is -4.96. The highest BCUT2D eigenvalue weighted by Crippen LogP contribution is 2.24. The number of aromatic amines is 1. The van der Waals surface area contributed by atoms with Crippen molar-refractivity contribution in [3.63, 3.8) is 0 Å². The first-order valence-corrected chi connectivity index (χ1v) is 13.5. The quantitative estimate of drug-likeness (QED) is 0.264. The number of rotatable bonds is 8.